The van der Waals surface area contributed by atoms with Gasteiger partial charge in [-0.2, -0.15) is 0 Å². The summed E-state index contributed by atoms with van der Waals surface area (Å²) in [6.07, 6.45) is 1.67. The second kappa shape index (κ2) is 7.81. The first-order chi connectivity index (χ1) is 11.4. The van der Waals surface area contributed by atoms with Crippen LogP contribution in [0, 0.1) is 0 Å². The Bertz CT molecular complexity index is 663. The predicted molar refractivity (Wildman–Crippen MR) is 101 cm³/mol. The van der Waals surface area contributed by atoms with Crippen molar-refractivity contribution in [3.05, 3.63) is 48.2 Å². The molecule has 5 heteroatoms. The van der Waals surface area contributed by atoms with E-state index in [9.17, 15) is 4.79 Å². The zero-order chi connectivity index (χ0) is 17.7. The number of nitrogens with zero attached hydrogens (tertiary/aromatic N) is 3. The molecule has 128 valence electrons. The molecule has 0 saturated heterocycles. The van der Waals surface area contributed by atoms with Crippen molar-refractivity contribution in [3.63, 3.8) is 0 Å². The van der Waals surface area contributed by atoms with E-state index < -0.39 is 0 Å². The van der Waals surface area contributed by atoms with E-state index in [4.69, 9.17) is 0 Å². The molecule has 0 bridgehead atoms. The van der Waals surface area contributed by atoms with Crippen LogP contribution in [0.25, 0.3) is 0 Å². The lowest BCUT2D eigenvalue weighted by Crippen LogP contribution is -2.30. The number of carbonyl (C=O) groups excluding carboxylic acids is 1. The zero-order valence-corrected chi connectivity index (χ0v) is 15.1. The minimum atomic E-state index is -0.131. The number of benzene rings is 1. The molecule has 0 spiro atoms. The third-order valence-electron chi connectivity index (χ3n) is 3.89. The highest BCUT2D eigenvalue weighted by atomic mass is 16.1. The fourth-order valence-corrected chi connectivity index (χ4v) is 2.58. The van der Waals surface area contributed by atoms with Crippen LogP contribution in [0.5, 0.6) is 0 Å². The molecule has 1 amide bonds. The summed E-state index contributed by atoms with van der Waals surface area (Å²) in [5, 5.41) is 2.88. The lowest BCUT2D eigenvalue weighted by molar-refractivity contribution is 0.102. The summed E-state index contributed by atoms with van der Waals surface area (Å²) in [4.78, 5) is 20.9. The number of anilines is 3. The third-order valence-corrected chi connectivity index (χ3v) is 3.89. The van der Waals surface area contributed by atoms with E-state index in [2.05, 4.69) is 36.0 Å². The van der Waals surface area contributed by atoms with Gasteiger partial charge in [-0.1, -0.05) is 0 Å². The summed E-state index contributed by atoms with van der Waals surface area (Å²) in [6.45, 7) is 7.39. The largest absolute Gasteiger partial charge is 0.369 e. The van der Waals surface area contributed by atoms with Crippen LogP contribution in [0.4, 0.5) is 17.2 Å². The molecular formula is C19H26N4O. The summed E-state index contributed by atoms with van der Waals surface area (Å²) in [6, 6.07) is 11.9. The minimum Gasteiger partial charge on any atom is -0.369 e. The number of pyridine rings is 1. The first-order valence-electron chi connectivity index (χ1n) is 8.23. The van der Waals surface area contributed by atoms with Crippen LogP contribution in [0.1, 0.15) is 31.1 Å². The molecule has 2 rings (SSSR count). The molecule has 0 aliphatic carbocycles. The van der Waals surface area contributed by atoms with Crippen molar-refractivity contribution in [1.29, 1.82) is 0 Å². The molecule has 0 atom stereocenters. The van der Waals surface area contributed by atoms with Gasteiger partial charge in [0.2, 0.25) is 0 Å². The Morgan fingerprint density at radius 2 is 1.79 bits per heavy atom. The molecule has 0 saturated carbocycles. The predicted octanol–water partition coefficient (Wildman–Crippen LogP) is 3.63. The van der Waals surface area contributed by atoms with Crippen molar-refractivity contribution < 1.29 is 4.79 Å². The number of rotatable bonds is 6. The highest BCUT2D eigenvalue weighted by Crippen LogP contribution is 2.19. The van der Waals surface area contributed by atoms with Gasteiger partial charge in [-0.25, -0.2) is 4.98 Å². The maximum atomic E-state index is 12.4. The van der Waals surface area contributed by atoms with Crippen LogP contribution in [-0.2, 0) is 0 Å². The van der Waals surface area contributed by atoms with Gasteiger partial charge < -0.3 is 15.1 Å². The molecule has 5 nitrogen and oxygen atoms in total. The van der Waals surface area contributed by atoms with E-state index >= 15 is 0 Å². The number of nitrogens with one attached hydrogen (secondary N) is 1. The molecule has 0 aliphatic rings. The first-order valence-corrected chi connectivity index (χ1v) is 8.23. The van der Waals surface area contributed by atoms with E-state index in [1.807, 2.05) is 55.4 Å². The van der Waals surface area contributed by atoms with Crippen molar-refractivity contribution >= 4 is 23.1 Å². The van der Waals surface area contributed by atoms with Gasteiger partial charge in [0.05, 0.1) is 11.9 Å². The van der Waals surface area contributed by atoms with Crippen molar-refractivity contribution in [2.24, 2.45) is 0 Å². The van der Waals surface area contributed by atoms with Crippen LogP contribution in [0.2, 0.25) is 0 Å². The molecule has 0 fully saturated rings. The van der Waals surface area contributed by atoms with Crippen LogP contribution in [0.15, 0.2) is 42.6 Å². The molecule has 0 aliphatic heterocycles. The van der Waals surface area contributed by atoms with Crippen LogP contribution >= 0.6 is 0 Å². The summed E-state index contributed by atoms with van der Waals surface area (Å²) < 4.78 is 0. The summed E-state index contributed by atoms with van der Waals surface area (Å²) in [5.41, 5.74) is 2.45. The first kappa shape index (κ1) is 17.8. The van der Waals surface area contributed by atoms with Crippen LogP contribution < -0.4 is 15.1 Å². The molecule has 1 aromatic carbocycles. The van der Waals surface area contributed by atoms with Gasteiger partial charge >= 0.3 is 0 Å². The van der Waals surface area contributed by atoms with Crippen molar-refractivity contribution in [2.45, 2.75) is 26.8 Å². The molecule has 24 heavy (non-hydrogen) atoms. The Balaban J connectivity index is 2.07. The lowest BCUT2D eigenvalue weighted by Gasteiger charge is -2.27. The Labute approximate surface area is 144 Å². The molecule has 1 aromatic heterocycles. The maximum absolute atomic E-state index is 12.4. The normalized spacial score (nSPS) is 10.6. The van der Waals surface area contributed by atoms with E-state index in [0.717, 1.165) is 18.1 Å². The standard InChI is InChI=1S/C19H26N4O/c1-6-23(14(2)3)17-10-7-15(8-11-17)19(24)21-16-9-12-18(20-13-16)22(4)5/h7-14H,6H2,1-5H3,(H,21,24). The van der Waals surface area contributed by atoms with Gasteiger partial charge in [0.1, 0.15) is 5.82 Å². The maximum Gasteiger partial charge on any atom is 0.255 e. The Morgan fingerprint density at radius 3 is 2.25 bits per heavy atom. The number of amides is 1. The van der Waals surface area contributed by atoms with E-state index in [1.54, 1.807) is 6.20 Å². The fourth-order valence-electron chi connectivity index (χ4n) is 2.58. The third kappa shape index (κ3) is 4.25. The Kier molecular flexibility index (Phi) is 5.79. The van der Waals surface area contributed by atoms with Crippen LogP contribution in [-0.4, -0.2) is 37.6 Å². The van der Waals surface area contributed by atoms with Gasteiger partial charge in [0.25, 0.3) is 5.91 Å². The van der Waals surface area contributed by atoms with E-state index in [1.165, 1.54) is 0 Å². The molecule has 1 N–H and O–H groups in total. The number of carbonyl (C=O) groups is 1. The second-order valence-electron chi connectivity index (χ2n) is 6.18. The quantitative estimate of drug-likeness (QED) is 0.880. The smallest absolute Gasteiger partial charge is 0.255 e. The van der Waals surface area contributed by atoms with Gasteiger partial charge in [0, 0.05) is 37.9 Å². The van der Waals surface area contributed by atoms with Gasteiger partial charge in [-0.05, 0) is 57.2 Å². The van der Waals surface area contributed by atoms with Crippen molar-refractivity contribution in [2.75, 3.05) is 35.8 Å². The van der Waals surface area contributed by atoms with Gasteiger partial charge in [-0.15, -0.1) is 0 Å². The van der Waals surface area contributed by atoms with Crippen molar-refractivity contribution in [1.82, 2.24) is 4.98 Å². The topological polar surface area (TPSA) is 48.5 Å². The Hall–Kier alpha value is -2.56. The number of aromatic nitrogens is 1. The molecule has 0 unspecified atom stereocenters. The number of hydrogen-bond donors (Lipinski definition) is 1. The summed E-state index contributed by atoms with van der Waals surface area (Å²) >= 11 is 0. The van der Waals surface area contributed by atoms with Gasteiger partial charge in [0.15, 0.2) is 0 Å². The zero-order valence-electron chi connectivity index (χ0n) is 15.1. The molecule has 1 heterocycles. The molecule has 2 aromatic rings. The van der Waals surface area contributed by atoms with E-state index in [0.29, 0.717) is 17.3 Å². The minimum absolute atomic E-state index is 0.131. The summed E-state index contributed by atoms with van der Waals surface area (Å²) in [7, 11) is 3.86. The monoisotopic (exact) mass is 326 g/mol. The van der Waals surface area contributed by atoms with E-state index in [-0.39, 0.29) is 5.91 Å². The van der Waals surface area contributed by atoms with Crippen LogP contribution in [0.3, 0.4) is 0 Å². The lowest BCUT2D eigenvalue weighted by atomic mass is 10.1. The second-order valence-corrected chi connectivity index (χ2v) is 6.18. The molecular weight excluding hydrogens is 300 g/mol. The van der Waals surface area contributed by atoms with Crippen molar-refractivity contribution in [3.8, 4) is 0 Å². The van der Waals surface area contributed by atoms with Gasteiger partial charge in [-0.3, -0.25) is 4.79 Å². The SMILES string of the molecule is CCN(c1ccc(C(=O)Nc2ccc(N(C)C)nc2)cc1)C(C)C. The summed E-state index contributed by atoms with van der Waals surface area (Å²) in [5.74, 6) is 0.722. The highest BCUT2D eigenvalue weighted by molar-refractivity contribution is 6.04. The molecule has 0 radical (unpaired) electrons. The Morgan fingerprint density at radius 1 is 1.12 bits per heavy atom. The average molecular weight is 326 g/mol. The highest BCUT2D eigenvalue weighted by Gasteiger charge is 2.11. The number of hydrogen-bond acceptors (Lipinski definition) is 4. The average Bonchev–Trinajstić information content (AvgIpc) is 2.56. The fraction of sp³-hybridized carbons (Fsp3) is 0.368.